The summed E-state index contributed by atoms with van der Waals surface area (Å²) in [5.41, 5.74) is 0. The molecule has 0 saturated carbocycles. The summed E-state index contributed by atoms with van der Waals surface area (Å²) >= 11 is 1.98. The highest BCUT2D eigenvalue weighted by molar-refractivity contribution is 8.02. The Balaban J connectivity index is 2.17. The molecule has 0 atom stereocenters. The molecule has 1 heteroatoms. The van der Waals surface area contributed by atoms with Crippen LogP contribution in [-0.4, -0.2) is 5.75 Å². The van der Waals surface area contributed by atoms with Gasteiger partial charge in [-0.15, -0.1) is 11.8 Å². The predicted molar refractivity (Wildman–Crippen MR) is 48.9 cm³/mol. The minimum absolute atomic E-state index is 1.14. The van der Waals surface area contributed by atoms with E-state index in [9.17, 15) is 0 Å². The normalized spacial score (nSPS) is 18.1. The highest BCUT2D eigenvalue weighted by atomic mass is 32.2. The molecular formula is C9H13S. The Labute approximate surface area is 67.4 Å². The highest BCUT2D eigenvalue weighted by Gasteiger charge is 2.04. The summed E-state index contributed by atoms with van der Waals surface area (Å²) in [6.07, 6.45) is 11.0. The number of hydrogen-bond donors (Lipinski definition) is 0. The molecule has 1 rings (SSSR count). The van der Waals surface area contributed by atoms with Gasteiger partial charge in [-0.25, -0.2) is 0 Å². The quantitative estimate of drug-likeness (QED) is 0.600. The van der Waals surface area contributed by atoms with E-state index < -0.39 is 0 Å². The van der Waals surface area contributed by atoms with E-state index in [0.29, 0.717) is 0 Å². The zero-order chi connectivity index (χ0) is 7.23. The second-order valence-electron chi connectivity index (χ2n) is 2.31. The average molecular weight is 153 g/mol. The summed E-state index contributed by atoms with van der Waals surface area (Å²) in [4.78, 5) is 0. The number of rotatable bonds is 3. The largest absolute Gasteiger partial charge is 0.149 e. The van der Waals surface area contributed by atoms with E-state index in [1.54, 1.807) is 0 Å². The third-order valence-corrected chi connectivity index (χ3v) is 2.63. The van der Waals surface area contributed by atoms with E-state index in [-0.39, 0.29) is 0 Å². The maximum atomic E-state index is 2.22. The Morgan fingerprint density at radius 1 is 1.50 bits per heavy atom. The zero-order valence-corrected chi connectivity index (χ0v) is 7.16. The maximum absolute atomic E-state index is 2.22. The van der Waals surface area contributed by atoms with Crippen LogP contribution in [0.1, 0.15) is 19.8 Å². The van der Waals surface area contributed by atoms with Crippen molar-refractivity contribution in [2.45, 2.75) is 19.8 Å². The minimum atomic E-state index is 1.14. The second-order valence-corrected chi connectivity index (χ2v) is 3.53. The molecule has 0 aliphatic heterocycles. The highest BCUT2D eigenvalue weighted by Crippen LogP contribution is 2.27. The molecule has 0 aromatic carbocycles. The maximum Gasteiger partial charge on any atom is 0.0561 e. The van der Waals surface area contributed by atoms with Gasteiger partial charge in [0.2, 0.25) is 0 Å². The predicted octanol–water partition coefficient (Wildman–Crippen LogP) is 3.18. The molecular weight excluding hydrogens is 140 g/mol. The van der Waals surface area contributed by atoms with Gasteiger partial charge in [-0.1, -0.05) is 31.2 Å². The molecule has 0 nitrogen and oxygen atoms in total. The van der Waals surface area contributed by atoms with Gasteiger partial charge in [-0.2, -0.15) is 0 Å². The van der Waals surface area contributed by atoms with Crippen molar-refractivity contribution < 1.29 is 0 Å². The topological polar surface area (TPSA) is 0 Å². The third-order valence-electron chi connectivity index (χ3n) is 1.34. The first-order valence-electron chi connectivity index (χ1n) is 3.75. The van der Waals surface area contributed by atoms with Crippen LogP contribution < -0.4 is 0 Å². The summed E-state index contributed by atoms with van der Waals surface area (Å²) in [7, 11) is 0. The average Bonchev–Trinajstić information content (AvgIpc) is 2.03. The fourth-order valence-corrected chi connectivity index (χ4v) is 1.69. The van der Waals surface area contributed by atoms with Crippen molar-refractivity contribution >= 4 is 11.8 Å². The summed E-state index contributed by atoms with van der Waals surface area (Å²) in [5.74, 6) is 1.26. The van der Waals surface area contributed by atoms with Crippen LogP contribution >= 0.6 is 11.8 Å². The van der Waals surface area contributed by atoms with Crippen molar-refractivity contribution in [2.75, 3.05) is 5.75 Å². The molecule has 0 N–H and O–H groups in total. The first kappa shape index (κ1) is 7.93. The second kappa shape index (κ2) is 4.62. The monoisotopic (exact) mass is 153 g/mol. The van der Waals surface area contributed by atoms with Crippen molar-refractivity contribution in [2.24, 2.45) is 0 Å². The smallest absolute Gasteiger partial charge is 0.0561 e. The lowest BCUT2D eigenvalue weighted by Gasteiger charge is -2.09. The van der Waals surface area contributed by atoms with Crippen LogP contribution in [0.25, 0.3) is 0 Å². The fraction of sp³-hybridized carbons (Fsp3) is 0.444. The molecule has 0 unspecified atom stereocenters. The van der Waals surface area contributed by atoms with Gasteiger partial charge in [-0.3, -0.25) is 0 Å². The SMILES string of the molecule is CCCS[C]1C=CC=CC1. The van der Waals surface area contributed by atoms with Crippen molar-refractivity contribution in [1.82, 2.24) is 0 Å². The fourth-order valence-electron chi connectivity index (χ4n) is 0.834. The Morgan fingerprint density at radius 2 is 2.40 bits per heavy atom. The van der Waals surface area contributed by atoms with Crippen LogP contribution in [0.5, 0.6) is 0 Å². The van der Waals surface area contributed by atoms with E-state index in [1.165, 1.54) is 17.4 Å². The van der Waals surface area contributed by atoms with Gasteiger partial charge in [0, 0.05) is 0 Å². The minimum Gasteiger partial charge on any atom is -0.149 e. The molecule has 0 fully saturated rings. The lowest BCUT2D eigenvalue weighted by Crippen LogP contribution is -1.89. The van der Waals surface area contributed by atoms with Gasteiger partial charge in [0.1, 0.15) is 0 Å². The Bertz CT molecular complexity index is 136. The Kier molecular flexibility index (Phi) is 3.66. The summed E-state index contributed by atoms with van der Waals surface area (Å²) in [6.45, 7) is 2.22. The van der Waals surface area contributed by atoms with Crippen LogP contribution in [0, 0.1) is 5.25 Å². The number of thioether (sulfide) groups is 1. The molecule has 0 bridgehead atoms. The zero-order valence-electron chi connectivity index (χ0n) is 6.34. The first-order chi connectivity index (χ1) is 4.93. The van der Waals surface area contributed by atoms with E-state index in [4.69, 9.17) is 0 Å². The van der Waals surface area contributed by atoms with E-state index in [1.807, 2.05) is 11.8 Å². The van der Waals surface area contributed by atoms with Crippen LogP contribution in [0.2, 0.25) is 0 Å². The molecule has 55 valence electrons. The molecule has 0 aromatic heterocycles. The molecule has 1 radical (unpaired) electrons. The molecule has 0 saturated heterocycles. The molecule has 0 aromatic rings. The standard InChI is InChI=1S/C9H13S/c1-2-8-10-9-6-4-3-5-7-9/h3-6H,2,7-8H2,1H3. The van der Waals surface area contributed by atoms with Crippen LogP contribution in [0.15, 0.2) is 24.3 Å². The van der Waals surface area contributed by atoms with Crippen molar-refractivity contribution in [3.63, 3.8) is 0 Å². The lowest BCUT2D eigenvalue weighted by molar-refractivity contribution is 1.10. The van der Waals surface area contributed by atoms with Gasteiger partial charge < -0.3 is 0 Å². The van der Waals surface area contributed by atoms with Crippen molar-refractivity contribution in [3.05, 3.63) is 29.6 Å². The summed E-state index contributed by atoms with van der Waals surface area (Å²) in [5, 5.41) is 1.50. The Hall–Kier alpha value is -0.170. The van der Waals surface area contributed by atoms with Crippen LogP contribution in [-0.2, 0) is 0 Å². The molecule has 0 heterocycles. The van der Waals surface area contributed by atoms with E-state index in [2.05, 4.69) is 31.2 Å². The van der Waals surface area contributed by atoms with E-state index in [0.717, 1.165) is 6.42 Å². The Morgan fingerprint density at radius 3 is 3.00 bits per heavy atom. The van der Waals surface area contributed by atoms with Gasteiger partial charge in [0.15, 0.2) is 0 Å². The van der Waals surface area contributed by atoms with Gasteiger partial charge >= 0.3 is 0 Å². The van der Waals surface area contributed by atoms with Gasteiger partial charge in [-0.05, 0) is 18.6 Å². The molecule has 0 spiro atoms. The first-order valence-corrected chi connectivity index (χ1v) is 4.74. The molecule has 10 heavy (non-hydrogen) atoms. The van der Waals surface area contributed by atoms with Crippen molar-refractivity contribution in [1.29, 1.82) is 0 Å². The third kappa shape index (κ3) is 2.61. The number of hydrogen-bond acceptors (Lipinski definition) is 1. The molecule has 1 aliphatic rings. The van der Waals surface area contributed by atoms with Gasteiger partial charge in [0.05, 0.1) is 5.25 Å². The van der Waals surface area contributed by atoms with Crippen LogP contribution in [0.3, 0.4) is 0 Å². The molecule has 0 amide bonds. The summed E-state index contributed by atoms with van der Waals surface area (Å²) < 4.78 is 0. The summed E-state index contributed by atoms with van der Waals surface area (Å²) in [6, 6.07) is 0. The van der Waals surface area contributed by atoms with Gasteiger partial charge in [0.25, 0.3) is 0 Å². The number of allylic oxidation sites excluding steroid dienone is 3. The van der Waals surface area contributed by atoms with Crippen molar-refractivity contribution in [3.8, 4) is 0 Å². The van der Waals surface area contributed by atoms with E-state index >= 15 is 0 Å². The van der Waals surface area contributed by atoms with Crippen LogP contribution in [0.4, 0.5) is 0 Å². The lowest BCUT2D eigenvalue weighted by atomic mass is 10.2. The molecule has 1 aliphatic carbocycles.